The first-order chi connectivity index (χ1) is 15.2. The molecule has 0 aliphatic carbocycles. The summed E-state index contributed by atoms with van der Waals surface area (Å²) in [5, 5.41) is 2.94. The summed E-state index contributed by atoms with van der Waals surface area (Å²) < 4.78 is 0. The minimum atomic E-state index is -0.115. The molecule has 4 rings (SSSR count). The highest BCUT2D eigenvalue weighted by molar-refractivity contribution is 5.95. The van der Waals surface area contributed by atoms with E-state index in [2.05, 4.69) is 34.5 Å². The van der Waals surface area contributed by atoms with Crippen LogP contribution in [0.2, 0.25) is 0 Å². The van der Waals surface area contributed by atoms with E-state index in [1.54, 1.807) is 12.2 Å². The Morgan fingerprint density at radius 2 is 1.58 bits per heavy atom. The van der Waals surface area contributed by atoms with Gasteiger partial charge in [0.2, 0.25) is 11.8 Å². The van der Waals surface area contributed by atoms with Crippen molar-refractivity contribution in [2.45, 2.75) is 45.2 Å². The number of carbonyl (C=O) groups is 2. The predicted molar refractivity (Wildman–Crippen MR) is 124 cm³/mol. The van der Waals surface area contributed by atoms with E-state index in [0.717, 1.165) is 36.3 Å². The average molecular weight is 418 g/mol. The van der Waals surface area contributed by atoms with Gasteiger partial charge in [0.05, 0.1) is 0 Å². The lowest BCUT2D eigenvalue weighted by Crippen LogP contribution is -2.29. The van der Waals surface area contributed by atoms with Crippen LogP contribution in [0.5, 0.6) is 0 Å². The topological polar surface area (TPSA) is 52.7 Å². The first kappa shape index (κ1) is 21.3. The Balaban J connectivity index is 1.23. The third-order valence-corrected chi connectivity index (χ3v) is 6.05. The maximum Gasteiger partial charge on any atom is 0.244 e. The molecule has 2 fully saturated rings. The van der Waals surface area contributed by atoms with Crippen molar-refractivity contribution in [3.63, 3.8) is 0 Å². The van der Waals surface area contributed by atoms with Gasteiger partial charge < -0.3 is 10.2 Å². The zero-order valence-electron chi connectivity index (χ0n) is 18.1. The lowest BCUT2D eigenvalue weighted by Gasteiger charge is -2.26. The first-order valence-corrected chi connectivity index (χ1v) is 11.3. The van der Waals surface area contributed by atoms with Crippen LogP contribution in [0.15, 0.2) is 54.6 Å². The largest absolute Gasteiger partial charge is 0.348 e. The van der Waals surface area contributed by atoms with E-state index in [-0.39, 0.29) is 11.8 Å². The second kappa shape index (κ2) is 10.4. The molecule has 0 unspecified atom stereocenters. The molecule has 5 nitrogen and oxygen atoms in total. The number of anilines is 1. The quantitative estimate of drug-likeness (QED) is 0.689. The molecule has 2 aromatic carbocycles. The number of amides is 2. The summed E-state index contributed by atoms with van der Waals surface area (Å²) in [6.07, 6.45) is 8.87. The molecule has 31 heavy (non-hydrogen) atoms. The Morgan fingerprint density at radius 3 is 2.26 bits per heavy atom. The molecule has 2 heterocycles. The number of nitrogens with one attached hydrogen (secondary N) is 1. The van der Waals surface area contributed by atoms with Crippen LogP contribution in [0.25, 0.3) is 6.08 Å². The Labute approximate surface area is 184 Å². The zero-order chi connectivity index (χ0) is 21.5. The van der Waals surface area contributed by atoms with Crippen LogP contribution in [0.4, 0.5) is 5.69 Å². The summed E-state index contributed by atoms with van der Waals surface area (Å²) in [6, 6.07) is 16.3. The van der Waals surface area contributed by atoms with Gasteiger partial charge in [-0.2, -0.15) is 0 Å². The van der Waals surface area contributed by atoms with Gasteiger partial charge in [-0.1, -0.05) is 42.8 Å². The van der Waals surface area contributed by atoms with E-state index in [1.807, 2.05) is 29.2 Å². The van der Waals surface area contributed by atoms with Gasteiger partial charge in [-0.3, -0.25) is 14.5 Å². The summed E-state index contributed by atoms with van der Waals surface area (Å²) >= 11 is 0. The van der Waals surface area contributed by atoms with E-state index in [0.29, 0.717) is 13.0 Å². The number of benzene rings is 2. The molecule has 1 N–H and O–H groups in total. The highest BCUT2D eigenvalue weighted by atomic mass is 16.2. The van der Waals surface area contributed by atoms with Crippen LogP contribution in [0, 0.1) is 0 Å². The van der Waals surface area contributed by atoms with Gasteiger partial charge in [0, 0.05) is 37.8 Å². The van der Waals surface area contributed by atoms with Crippen molar-refractivity contribution >= 4 is 23.6 Å². The van der Waals surface area contributed by atoms with E-state index >= 15 is 0 Å². The highest BCUT2D eigenvalue weighted by Crippen LogP contribution is 2.22. The number of carbonyl (C=O) groups excluding carboxylic acids is 2. The second-order valence-corrected chi connectivity index (χ2v) is 8.44. The lowest BCUT2D eigenvalue weighted by molar-refractivity contribution is -0.117. The minimum Gasteiger partial charge on any atom is -0.348 e. The summed E-state index contributed by atoms with van der Waals surface area (Å²) in [5.41, 5.74) is 4.29. The number of likely N-dealkylation sites (tertiary alicyclic amines) is 1. The summed E-state index contributed by atoms with van der Waals surface area (Å²) in [6.45, 7) is 4.71. The Hall–Kier alpha value is -2.92. The molecule has 2 aliphatic heterocycles. The Kier molecular flexibility index (Phi) is 7.15. The molecule has 0 radical (unpaired) electrons. The SMILES string of the molecule is O=C(/C=C/c1ccc(N2CCCC2=O)cc1)NCc1ccc(CN2CCCCC2)cc1. The molecule has 0 spiro atoms. The van der Waals surface area contributed by atoms with Crippen molar-refractivity contribution in [2.75, 3.05) is 24.5 Å². The molecule has 2 aliphatic rings. The van der Waals surface area contributed by atoms with Crippen LogP contribution in [0.1, 0.15) is 48.8 Å². The third-order valence-electron chi connectivity index (χ3n) is 6.05. The van der Waals surface area contributed by atoms with Gasteiger partial charge in [-0.15, -0.1) is 0 Å². The Bertz CT molecular complexity index is 913. The van der Waals surface area contributed by atoms with Crippen molar-refractivity contribution in [1.82, 2.24) is 10.2 Å². The molecule has 2 aromatic rings. The van der Waals surface area contributed by atoms with Gasteiger partial charge in [0.15, 0.2) is 0 Å². The zero-order valence-corrected chi connectivity index (χ0v) is 18.1. The maximum atomic E-state index is 12.2. The standard InChI is InChI=1S/C26H31N3O2/c30-25(15-12-21-10-13-24(14-11-21)29-18-4-5-26(29)31)27-19-22-6-8-23(9-7-22)20-28-16-2-1-3-17-28/h6-15H,1-5,16-20H2,(H,27,30)/b15-12+. The summed E-state index contributed by atoms with van der Waals surface area (Å²) in [5.74, 6) is 0.0680. The van der Waals surface area contributed by atoms with Gasteiger partial charge in [0.25, 0.3) is 0 Å². The molecular formula is C26H31N3O2. The van der Waals surface area contributed by atoms with Gasteiger partial charge >= 0.3 is 0 Å². The normalized spacial score (nSPS) is 17.4. The van der Waals surface area contributed by atoms with E-state index in [4.69, 9.17) is 0 Å². The lowest BCUT2D eigenvalue weighted by atomic mass is 10.1. The minimum absolute atomic E-state index is 0.115. The first-order valence-electron chi connectivity index (χ1n) is 11.3. The maximum absolute atomic E-state index is 12.2. The van der Waals surface area contributed by atoms with Gasteiger partial charge in [-0.25, -0.2) is 0 Å². The van der Waals surface area contributed by atoms with E-state index < -0.39 is 0 Å². The fourth-order valence-corrected chi connectivity index (χ4v) is 4.24. The summed E-state index contributed by atoms with van der Waals surface area (Å²) in [7, 11) is 0. The van der Waals surface area contributed by atoms with Crippen LogP contribution in [-0.4, -0.2) is 36.3 Å². The van der Waals surface area contributed by atoms with Crippen molar-refractivity contribution in [3.8, 4) is 0 Å². The van der Waals surface area contributed by atoms with Crippen LogP contribution < -0.4 is 10.2 Å². The van der Waals surface area contributed by atoms with Crippen molar-refractivity contribution in [2.24, 2.45) is 0 Å². The molecule has 0 bridgehead atoms. The Morgan fingerprint density at radius 1 is 0.871 bits per heavy atom. The average Bonchev–Trinajstić information content (AvgIpc) is 3.24. The molecule has 5 heteroatoms. The predicted octanol–water partition coefficient (Wildman–Crippen LogP) is 4.13. The molecule has 2 saturated heterocycles. The smallest absolute Gasteiger partial charge is 0.244 e. The van der Waals surface area contributed by atoms with Crippen LogP contribution in [-0.2, 0) is 22.7 Å². The number of hydrogen-bond donors (Lipinski definition) is 1. The molecule has 162 valence electrons. The molecule has 0 saturated carbocycles. The number of nitrogens with zero attached hydrogens (tertiary/aromatic N) is 2. The number of rotatable bonds is 7. The van der Waals surface area contributed by atoms with Crippen molar-refractivity contribution in [1.29, 1.82) is 0 Å². The molecule has 2 amide bonds. The van der Waals surface area contributed by atoms with Gasteiger partial charge in [0.1, 0.15) is 0 Å². The third kappa shape index (κ3) is 6.05. The molecule has 0 aromatic heterocycles. The molecule has 0 atom stereocenters. The number of hydrogen-bond acceptors (Lipinski definition) is 3. The van der Waals surface area contributed by atoms with E-state index in [9.17, 15) is 9.59 Å². The van der Waals surface area contributed by atoms with Crippen molar-refractivity contribution < 1.29 is 9.59 Å². The molecular weight excluding hydrogens is 386 g/mol. The van der Waals surface area contributed by atoms with Gasteiger partial charge in [-0.05, 0) is 67.3 Å². The van der Waals surface area contributed by atoms with Crippen LogP contribution in [0.3, 0.4) is 0 Å². The monoisotopic (exact) mass is 417 g/mol. The summed E-state index contributed by atoms with van der Waals surface area (Å²) in [4.78, 5) is 28.3. The van der Waals surface area contributed by atoms with E-state index in [1.165, 1.54) is 37.9 Å². The number of piperidine rings is 1. The fraction of sp³-hybridized carbons (Fsp3) is 0.385. The second-order valence-electron chi connectivity index (χ2n) is 8.44. The van der Waals surface area contributed by atoms with Crippen molar-refractivity contribution in [3.05, 3.63) is 71.3 Å². The highest BCUT2D eigenvalue weighted by Gasteiger charge is 2.21. The fourth-order valence-electron chi connectivity index (χ4n) is 4.24. The van der Waals surface area contributed by atoms with Crippen LogP contribution >= 0.6 is 0 Å².